The van der Waals surface area contributed by atoms with E-state index in [0.717, 1.165) is 9.64 Å². The van der Waals surface area contributed by atoms with E-state index in [1.807, 2.05) is 22.6 Å². The Hall–Kier alpha value is -1.75. The van der Waals surface area contributed by atoms with Crippen molar-refractivity contribution in [2.24, 2.45) is 0 Å². The van der Waals surface area contributed by atoms with Crippen LogP contribution in [0.1, 0.15) is 0 Å². The maximum atomic E-state index is 12.1. The van der Waals surface area contributed by atoms with Gasteiger partial charge in [0.25, 0.3) is 15.7 Å². The molecule has 0 radical (unpaired) electrons. The number of nitrogens with one attached hydrogen (secondary N) is 1. The maximum absolute atomic E-state index is 12.1. The van der Waals surface area contributed by atoms with E-state index in [9.17, 15) is 18.5 Å². The third-order valence-corrected chi connectivity index (χ3v) is 4.30. The molecule has 0 atom stereocenters. The van der Waals surface area contributed by atoms with E-state index in [1.165, 1.54) is 30.5 Å². The quantitative estimate of drug-likeness (QED) is 0.478. The van der Waals surface area contributed by atoms with E-state index in [4.69, 9.17) is 0 Å². The van der Waals surface area contributed by atoms with E-state index in [0.29, 0.717) is 0 Å². The lowest BCUT2D eigenvalue weighted by Crippen LogP contribution is -2.14. The average molecular weight is 405 g/mol. The van der Waals surface area contributed by atoms with Gasteiger partial charge in [-0.3, -0.25) is 14.8 Å². The fourth-order valence-corrected chi connectivity index (χ4v) is 2.76. The predicted molar refractivity (Wildman–Crippen MR) is 80.9 cm³/mol. The van der Waals surface area contributed by atoms with Crippen molar-refractivity contribution in [3.63, 3.8) is 0 Å². The predicted octanol–water partition coefficient (Wildman–Crippen LogP) is 2.40. The minimum Gasteiger partial charge on any atom is -0.263 e. The first-order valence-electron chi connectivity index (χ1n) is 5.27. The molecule has 2 aromatic rings. The first kappa shape index (κ1) is 14.7. The molecule has 0 spiro atoms. The molecule has 0 unspecified atom stereocenters. The summed E-state index contributed by atoms with van der Waals surface area (Å²) in [5.74, 6) is 0.150. The molecule has 0 amide bonds. The molecule has 0 aliphatic carbocycles. The molecular formula is C11H8IN3O4S. The van der Waals surface area contributed by atoms with E-state index < -0.39 is 14.9 Å². The molecule has 7 nitrogen and oxygen atoms in total. The van der Waals surface area contributed by atoms with Gasteiger partial charge < -0.3 is 0 Å². The van der Waals surface area contributed by atoms with Crippen LogP contribution >= 0.6 is 22.6 Å². The van der Waals surface area contributed by atoms with Gasteiger partial charge in [0.2, 0.25) is 0 Å². The molecule has 1 heterocycles. The lowest BCUT2D eigenvalue weighted by molar-refractivity contribution is -0.385. The third-order valence-electron chi connectivity index (χ3n) is 2.31. The van der Waals surface area contributed by atoms with Crippen LogP contribution in [0.4, 0.5) is 11.5 Å². The number of aromatic nitrogens is 1. The standard InChI is InChI=1S/C11H8IN3O4S/c12-8-4-5-11(13-7-8)14-20(18,19)10-3-1-2-9(6-10)15(16)17/h1-7H,(H,13,14). The summed E-state index contributed by atoms with van der Waals surface area (Å²) in [6.45, 7) is 0. The van der Waals surface area contributed by atoms with Crippen molar-refractivity contribution in [3.8, 4) is 0 Å². The van der Waals surface area contributed by atoms with Crippen molar-refractivity contribution < 1.29 is 13.3 Å². The number of hydrogen-bond donors (Lipinski definition) is 1. The monoisotopic (exact) mass is 405 g/mol. The SMILES string of the molecule is O=[N+]([O-])c1cccc(S(=O)(=O)Nc2ccc(I)cn2)c1. The number of pyridine rings is 1. The van der Waals surface area contributed by atoms with Crippen molar-refractivity contribution in [2.45, 2.75) is 4.90 Å². The van der Waals surface area contributed by atoms with Crippen molar-refractivity contribution in [3.05, 3.63) is 56.3 Å². The van der Waals surface area contributed by atoms with E-state index >= 15 is 0 Å². The number of hydrogen-bond acceptors (Lipinski definition) is 5. The zero-order chi connectivity index (χ0) is 14.8. The highest BCUT2D eigenvalue weighted by atomic mass is 127. The maximum Gasteiger partial charge on any atom is 0.270 e. The zero-order valence-corrected chi connectivity index (χ0v) is 12.8. The first-order valence-corrected chi connectivity index (χ1v) is 7.83. The van der Waals surface area contributed by atoms with Crippen LogP contribution < -0.4 is 4.72 Å². The number of non-ortho nitro benzene ring substituents is 1. The highest BCUT2D eigenvalue weighted by Gasteiger charge is 2.18. The Kier molecular flexibility index (Phi) is 4.18. The molecule has 2 rings (SSSR count). The van der Waals surface area contributed by atoms with Crippen molar-refractivity contribution in [1.29, 1.82) is 0 Å². The summed E-state index contributed by atoms with van der Waals surface area (Å²) in [7, 11) is -3.90. The van der Waals surface area contributed by atoms with Gasteiger partial charge in [-0.05, 0) is 40.8 Å². The Balaban J connectivity index is 2.33. The normalized spacial score (nSPS) is 11.1. The summed E-state index contributed by atoms with van der Waals surface area (Å²) in [6.07, 6.45) is 1.51. The number of anilines is 1. The van der Waals surface area contributed by atoms with Gasteiger partial charge in [-0.2, -0.15) is 0 Å². The van der Waals surface area contributed by atoms with Crippen molar-refractivity contribution in [1.82, 2.24) is 4.98 Å². The summed E-state index contributed by atoms with van der Waals surface area (Å²) in [5, 5.41) is 10.7. The molecule has 1 N–H and O–H groups in total. The van der Waals surface area contributed by atoms with Gasteiger partial charge in [-0.15, -0.1) is 0 Å². The topological polar surface area (TPSA) is 102 Å². The minimum absolute atomic E-state index is 0.150. The van der Waals surface area contributed by atoms with Crippen LogP contribution in [0.25, 0.3) is 0 Å². The summed E-state index contributed by atoms with van der Waals surface area (Å²) in [4.78, 5) is 13.7. The summed E-state index contributed by atoms with van der Waals surface area (Å²) < 4.78 is 27.3. The number of nitro benzene ring substituents is 1. The summed E-state index contributed by atoms with van der Waals surface area (Å²) in [5.41, 5.74) is -0.288. The smallest absolute Gasteiger partial charge is 0.263 e. The molecule has 0 bridgehead atoms. The Morgan fingerprint density at radius 2 is 2.00 bits per heavy atom. The van der Waals surface area contributed by atoms with E-state index in [2.05, 4.69) is 9.71 Å². The molecular weight excluding hydrogens is 397 g/mol. The molecule has 104 valence electrons. The number of sulfonamides is 1. The number of nitro groups is 1. The second-order valence-electron chi connectivity index (χ2n) is 3.72. The van der Waals surface area contributed by atoms with E-state index in [1.54, 1.807) is 6.07 Å². The second kappa shape index (κ2) is 5.71. The number of halogens is 1. The first-order chi connectivity index (χ1) is 9.38. The van der Waals surface area contributed by atoms with Crippen LogP contribution in [0.5, 0.6) is 0 Å². The molecule has 0 aliphatic rings. The Morgan fingerprint density at radius 1 is 1.25 bits per heavy atom. The van der Waals surface area contributed by atoms with Gasteiger partial charge >= 0.3 is 0 Å². The van der Waals surface area contributed by atoms with Crippen LogP contribution in [0.3, 0.4) is 0 Å². The fourth-order valence-electron chi connectivity index (χ4n) is 1.40. The fraction of sp³-hybridized carbons (Fsp3) is 0. The van der Waals surface area contributed by atoms with Crippen LogP contribution in [-0.4, -0.2) is 18.3 Å². The molecule has 9 heteroatoms. The lowest BCUT2D eigenvalue weighted by atomic mass is 10.3. The molecule has 1 aromatic carbocycles. The van der Waals surface area contributed by atoms with Gasteiger partial charge in [-0.25, -0.2) is 13.4 Å². The van der Waals surface area contributed by atoms with Gasteiger partial charge in [0.1, 0.15) is 5.82 Å². The molecule has 0 saturated heterocycles. The average Bonchev–Trinajstić information content (AvgIpc) is 2.41. The molecule has 0 aliphatic heterocycles. The molecule has 0 fully saturated rings. The highest BCUT2D eigenvalue weighted by molar-refractivity contribution is 14.1. The largest absolute Gasteiger partial charge is 0.270 e. The van der Waals surface area contributed by atoms with Gasteiger partial charge in [0.05, 0.1) is 9.82 Å². The van der Waals surface area contributed by atoms with Crippen molar-refractivity contribution >= 4 is 44.1 Å². The van der Waals surface area contributed by atoms with Crippen LogP contribution in [0.15, 0.2) is 47.5 Å². The summed E-state index contributed by atoms with van der Waals surface area (Å²) >= 11 is 2.04. The highest BCUT2D eigenvalue weighted by Crippen LogP contribution is 2.19. The minimum atomic E-state index is -3.90. The van der Waals surface area contributed by atoms with Crippen LogP contribution in [0.2, 0.25) is 0 Å². The summed E-state index contributed by atoms with van der Waals surface area (Å²) in [6, 6.07) is 8.02. The molecule has 1 aromatic heterocycles. The Labute approximate surface area is 128 Å². The zero-order valence-electron chi connectivity index (χ0n) is 9.86. The third kappa shape index (κ3) is 3.42. The van der Waals surface area contributed by atoms with Crippen LogP contribution in [-0.2, 0) is 10.0 Å². The number of rotatable bonds is 4. The van der Waals surface area contributed by atoms with Gasteiger partial charge in [0, 0.05) is 21.9 Å². The lowest BCUT2D eigenvalue weighted by Gasteiger charge is -2.07. The molecule has 0 saturated carbocycles. The van der Waals surface area contributed by atoms with E-state index in [-0.39, 0.29) is 16.4 Å². The molecule has 20 heavy (non-hydrogen) atoms. The number of benzene rings is 1. The second-order valence-corrected chi connectivity index (χ2v) is 6.65. The van der Waals surface area contributed by atoms with Gasteiger partial charge in [-0.1, -0.05) is 6.07 Å². The van der Waals surface area contributed by atoms with Crippen molar-refractivity contribution in [2.75, 3.05) is 4.72 Å². The van der Waals surface area contributed by atoms with Crippen LogP contribution in [0, 0.1) is 13.7 Å². The number of nitrogens with zero attached hydrogens (tertiary/aromatic N) is 2. The Morgan fingerprint density at radius 3 is 2.60 bits per heavy atom. The van der Waals surface area contributed by atoms with Gasteiger partial charge in [0.15, 0.2) is 0 Å². The Bertz CT molecular complexity index is 747.